The molecule has 4 nitrogen and oxygen atoms in total. The summed E-state index contributed by atoms with van der Waals surface area (Å²) in [5.74, 6) is 0.895. The van der Waals surface area contributed by atoms with E-state index in [1.165, 1.54) is 19.3 Å². The maximum Gasteiger partial charge on any atom is 0.237 e. The molecule has 0 radical (unpaired) electrons. The first-order valence-electron chi connectivity index (χ1n) is 7.92. The molecule has 3 atom stereocenters. The highest BCUT2D eigenvalue weighted by molar-refractivity contribution is 5.82. The van der Waals surface area contributed by atoms with Crippen LogP contribution >= 0.6 is 0 Å². The second-order valence-electron chi connectivity index (χ2n) is 6.12. The summed E-state index contributed by atoms with van der Waals surface area (Å²) in [4.78, 5) is 12.2. The minimum absolute atomic E-state index is 0.0650. The van der Waals surface area contributed by atoms with Crippen molar-refractivity contribution in [2.75, 3.05) is 0 Å². The van der Waals surface area contributed by atoms with Gasteiger partial charge in [0, 0.05) is 6.04 Å². The van der Waals surface area contributed by atoms with Gasteiger partial charge in [0.05, 0.1) is 6.04 Å². The Kier molecular flexibility index (Phi) is 5.62. The highest BCUT2D eigenvalue weighted by Gasteiger charge is 2.24. The first-order valence-corrected chi connectivity index (χ1v) is 7.92. The van der Waals surface area contributed by atoms with Crippen molar-refractivity contribution in [3.05, 3.63) is 29.8 Å². The second kappa shape index (κ2) is 7.46. The van der Waals surface area contributed by atoms with Gasteiger partial charge in [-0.1, -0.05) is 38.3 Å². The van der Waals surface area contributed by atoms with E-state index in [-0.39, 0.29) is 17.7 Å². The Morgan fingerprint density at radius 2 is 2.10 bits per heavy atom. The van der Waals surface area contributed by atoms with Gasteiger partial charge in [-0.15, -0.1) is 0 Å². The van der Waals surface area contributed by atoms with Crippen molar-refractivity contribution in [1.82, 2.24) is 5.32 Å². The predicted octanol–water partition coefficient (Wildman–Crippen LogP) is 2.35. The van der Waals surface area contributed by atoms with E-state index in [0.717, 1.165) is 24.3 Å². The SMILES string of the molecule is CCC1CCCC(NC(=O)[C@@H](N)Cc2ccc(O)cc2)C1. The maximum absolute atomic E-state index is 12.2. The molecule has 1 aliphatic carbocycles. The van der Waals surface area contributed by atoms with Crippen LogP contribution in [0.2, 0.25) is 0 Å². The third-order valence-electron chi connectivity index (χ3n) is 4.44. The standard InChI is InChI=1S/C17H26N2O2/c1-2-12-4-3-5-14(10-12)19-17(21)16(18)11-13-6-8-15(20)9-7-13/h6-9,12,14,16,20H,2-5,10-11,18H2,1H3,(H,19,21)/t12?,14?,16-/m0/s1. The first-order chi connectivity index (χ1) is 10.1. The molecule has 1 aliphatic rings. The van der Waals surface area contributed by atoms with Gasteiger partial charge < -0.3 is 16.2 Å². The van der Waals surface area contributed by atoms with Gasteiger partial charge in [0.2, 0.25) is 5.91 Å². The molecule has 0 heterocycles. The number of aromatic hydroxyl groups is 1. The highest BCUT2D eigenvalue weighted by Crippen LogP contribution is 2.26. The van der Waals surface area contributed by atoms with E-state index in [1.807, 2.05) is 0 Å². The molecule has 4 heteroatoms. The highest BCUT2D eigenvalue weighted by atomic mass is 16.3. The molecule has 2 unspecified atom stereocenters. The summed E-state index contributed by atoms with van der Waals surface area (Å²) in [6.45, 7) is 2.21. The molecule has 21 heavy (non-hydrogen) atoms. The van der Waals surface area contributed by atoms with E-state index in [4.69, 9.17) is 5.73 Å². The van der Waals surface area contributed by atoms with Gasteiger partial charge in [0.15, 0.2) is 0 Å². The van der Waals surface area contributed by atoms with E-state index < -0.39 is 6.04 Å². The van der Waals surface area contributed by atoms with Gasteiger partial charge in [0.25, 0.3) is 0 Å². The lowest BCUT2D eigenvalue weighted by Crippen LogP contribution is -2.47. The van der Waals surface area contributed by atoms with Crippen molar-refractivity contribution in [2.45, 2.75) is 57.5 Å². The number of hydrogen-bond acceptors (Lipinski definition) is 3. The Morgan fingerprint density at radius 1 is 1.38 bits per heavy atom. The van der Waals surface area contributed by atoms with Gasteiger partial charge in [-0.2, -0.15) is 0 Å². The molecule has 0 spiro atoms. The van der Waals surface area contributed by atoms with Crippen LogP contribution in [0.25, 0.3) is 0 Å². The summed E-state index contributed by atoms with van der Waals surface area (Å²) >= 11 is 0. The summed E-state index contributed by atoms with van der Waals surface area (Å²) in [6, 6.07) is 6.59. The van der Waals surface area contributed by atoms with E-state index in [9.17, 15) is 9.90 Å². The number of amides is 1. The molecular formula is C17H26N2O2. The van der Waals surface area contributed by atoms with Gasteiger partial charge in [-0.05, 0) is 42.9 Å². The van der Waals surface area contributed by atoms with E-state index in [1.54, 1.807) is 24.3 Å². The number of nitrogens with two attached hydrogens (primary N) is 1. The van der Waals surface area contributed by atoms with E-state index >= 15 is 0 Å². The van der Waals surface area contributed by atoms with Gasteiger partial charge in [-0.3, -0.25) is 4.79 Å². The number of phenols is 1. The number of carbonyl (C=O) groups is 1. The maximum atomic E-state index is 12.2. The monoisotopic (exact) mass is 290 g/mol. The molecule has 1 saturated carbocycles. The Labute approximate surface area is 126 Å². The Morgan fingerprint density at radius 3 is 2.76 bits per heavy atom. The summed E-state index contributed by atoms with van der Waals surface area (Å²) in [6.07, 6.45) is 6.30. The molecule has 1 amide bonds. The average Bonchev–Trinajstić information content (AvgIpc) is 2.49. The number of nitrogens with one attached hydrogen (secondary N) is 1. The fraction of sp³-hybridized carbons (Fsp3) is 0.588. The van der Waals surface area contributed by atoms with Crippen LogP contribution in [0.5, 0.6) is 5.75 Å². The van der Waals surface area contributed by atoms with Crippen molar-refractivity contribution in [3.63, 3.8) is 0 Å². The zero-order valence-electron chi connectivity index (χ0n) is 12.7. The van der Waals surface area contributed by atoms with Crippen molar-refractivity contribution < 1.29 is 9.90 Å². The quantitative estimate of drug-likeness (QED) is 0.779. The lowest BCUT2D eigenvalue weighted by Gasteiger charge is -2.30. The fourth-order valence-corrected chi connectivity index (χ4v) is 3.08. The van der Waals surface area contributed by atoms with Crippen LogP contribution in [-0.2, 0) is 11.2 Å². The summed E-state index contributed by atoms with van der Waals surface area (Å²) in [5, 5.41) is 12.4. The molecule has 0 aliphatic heterocycles. The van der Waals surface area contributed by atoms with Crippen LogP contribution in [0.15, 0.2) is 24.3 Å². The van der Waals surface area contributed by atoms with Crippen molar-refractivity contribution in [3.8, 4) is 5.75 Å². The summed E-state index contributed by atoms with van der Waals surface area (Å²) in [5.41, 5.74) is 6.96. The van der Waals surface area contributed by atoms with Crippen LogP contribution in [0.1, 0.15) is 44.6 Å². The molecule has 1 fully saturated rings. The molecule has 0 aromatic heterocycles. The minimum atomic E-state index is -0.531. The lowest BCUT2D eigenvalue weighted by molar-refractivity contribution is -0.123. The third kappa shape index (κ3) is 4.74. The number of hydrogen-bond donors (Lipinski definition) is 3. The van der Waals surface area contributed by atoms with Crippen LogP contribution in [0.3, 0.4) is 0 Å². The number of phenolic OH excluding ortho intramolecular Hbond substituents is 1. The van der Waals surface area contributed by atoms with Crippen molar-refractivity contribution in [1.29, 1.82) is 0 Å². The largest absolute Gasteiger partial charge is 0.508 e. The van der Waals surface area contributed by atoms with Crippen LogP contribution < -0.4 is 11.1 Å². The summed E-state index contributed by atoms with van der Waals surface area (Å²) < 4.78 is 0. The molecular weight excluding hydrogens is 264 g/mol. The van der Waals surface area contributed by atoms with Crippen LogP contribution in [0.4, 0.5) is 0 Å². The molecule has 4 N–H and O–H groups in total. The Balaban J connectivity index is 1.83. The second-order valence-corrected chi connectivity index (χ2v) is 6.12. The van der Waals surface area contributed by atoms with E-state index in [0.29, 0.717) is 6.42 Å². The third-order valence-corrected chi connectivity index (χ3v) is 4.44. The number of benzene rings is 1. The normalized spacial score (nSPS) is 23.5. The van der Waals surface area contributed by atoms with Gasteiger partial charge >= 0.3 is 0 Å². The minimum Gasteiger partial charge on any atom is -0.508 e. The molecule has 2 rings (SSSR count). The lowest BCUT2D eigenvalue weighted by atomic mass is 9.84. The number of carbonyl (C=O) groups excluding carboxylic acids is 1. The van der Waals surface area contributed by atoms with Crippen molar-refractivity contribution in [2.24, 2.45) is 11.7 Å². The zero-order valence-corrected chi connectivity index (χ0v) is 12.7. The molecule has 1 aromatic rings. The number of rotatable bonds is 5. The van der Waals surface area contributed by atoms with Crippen LogP contribution in [0, 0.1) is 5.92 Å². The molecule has 116 valence electrons. The molecule has 0 bridgehead atoms. The van der Waals surface area contributed by atoms with Crippen molar-refractivity contribution >= 4 is 5.91 Å². The molecule has 0 saturated heterocycles. The molecule has 1 aromatic carbocycles. The van der Waals surface area contributed by atoms with Gasteiger partial charge in [0.1, 0.15) is 5.75 Å². The van der Waals surface area contributed by atoms with Crippen LogP contribution in [-0.4, -0.2) is 23.1 Å². The average molecular weight is 290 g/mol. The summed E-state index contributed by atoms with van der Waals surface area (Å²) in [7, 11) is 0. The van der Waals surface area contributed by atoms with Gasteiger partial charge in [-0.25, -0.2) is 0 Å². The Bertz CT molecular complexity index is 458. The topological polar surface area (TPSA) is 75.4 Å². The van der Waals surface area contributed by atoms with E-state index in [2.05, 4.69) is 12.2 Å². The first kappa shape index (κ1) is 15.8. The Hall–Kier alpha value is -1.55. The smallest absolute Gasteiger partial charge is 0.237 e. The fourth-order valence-electron chi connectivity index (χ4n) is 3.08. The predicted molar refractivity (Wildman–Crippen MR) is 84.0 cm³/mol. The zero-order chi connectivity index (χ0) is 15.2.